The van der Waals surface area contributed by atoms with Crippen LogP contribution in [0.2, 0.25) is 0 Å². The first-order chi connectivity index (χ1) is 26.8. The van der Waals surface area contributed by atoms with Gasteiger partial charge in [0.05, 0.1) is 16.6 Å². The minimum Gasteiger partial charge on any atom is -0.454 e. The SMILES string of the molecule is c1ccc(-c2ccc(N(c3ccc(-c4ccc5oc6c(c5c4)c4ccccc4n6-c4ccccc4)cc3)c3cccc4c3oc3ccccc34)cc2)cc1. The average Bonchev–Trinajstić information content (AvgIpc) is 3.91. The molecule has 11 rings (SSSR count). The molecule has 0 amide bonds. The third-order valence-electron chi connectivity index (χ3n) is 10.6. The van der Waals surface area contributed by atoms with Crippen molar-refractivity contribution in [2.45, 2.75) is 0 Å². The van der Waals surface area contributed by atoms with E-state index in [-0.39, 0.29) is 0 Å². The molecule has 0 bridgehead atoms. The first-order valence-electron chi connectivity index (χ1n) is 18.3. The van der Waals surface area contributed by atoms with Gasteiger partial charge in [-0.2, -0.15) is 0 Å². The zero-order valence-electron chi connectivity index (χ0n) is 29.2. The zero-order chi connectivity index (χ0) is 35.6. The summed E-state index contributed by atoms with van der Waals surface area (Å²) in [4.78, 5) is 2.30. The van der Waals surface area contributed by atoms with Gasteiger partial charge in [0.2, 0.25) is 5.71 Å². The van der Waals surface area contributed by atoms with Crippen molar-refractivity contribution in [1.29, 1.82) is 0 Å². The van der Waals surface area contributed by atoms with E-state index in [0.29, 0.717) is 0 Å². The molecule has 11 aromatic rings. The van der Waals surface area contributed by atoms with Gasteiger partial charge in [0.15, 0.2) is 5.58 Å². The van der Waals surface area contributed by atoms with E-state index in [1.165, 1.54) is 16.5 Å². The lowest BCUT2D eigenvalue weighted by atomic mass is 10.0. The maximum absolute atomic E-state index is 6.60. The molecule has 0 spiro atoms. The van der Waals surface area contributed by atoms with E-state index in [1.54, 1.807) is 0 Å². The Morgan fingerprint density at radius 3 is 1.72 bits per heavy atom. The molecule has 0 aliphatic heterocycles. The lowest BCUT2D eigenvalue weighted by Crippen LogP contribution is -2.10. The Bertz CT molecular complexity index is 3130. The van der Waals surface area contributed by atoms with Crippen molar-refractivity contribution in [1.82, 2.24) is 4.57 Å². The van der Waals surface area contributed by atoms with Crippen LogP contribution in [0.5, 0.6) is 0 Å². The van der Waals surface area contributed by atoms with Crippen molar-refractivity contribution in [3.05, 3.63) is 194 Å². The number of benzene rings is 8. The van der Waals surface area contributed by atoms with Gasteiger partial charge in [-0.25, -0.2) is 0 Å². The first-order valence-corrected chi connectivity index (χ1v) is 18.3. The number of para-hydroxylation sites is 4. The molecule has 54 heavy (non-hydrogen) atoms. The van der Waals surface area contributed by atoms with Crippen molar-refractivity contribution in [2.75, 3.05) is 4.90 Å². The molecule has 8 aromatic carbocycles. The van der Waals surface area contributed by atoms with Crippen molar-refractivity contribution >= 4 is 72.0 Å². The molecule has 0 saturated carbocycles. The molecule has 0 aliphatic rings. The number of rotatable bonds is 6. The molecular weight excluding hydrogens is 661 g/mol. The fourth-order valence-electron chi connectivity index (χ4n) is 8.08. The number of hydrogen-bond donors (Lipinski definition) is 0. The Kier molecular flexibility index (Phi) is 6.82. The van der Waals surface area contributed by atoms with E-state index >= 15 is 0 Å². The van der Waals surface area contributed by atoms with Crippen LogP contribution in [0.1, 0.15) is 0 Å². The molecule has 0 fully saturated rings. The van der Waals surface area contributed by atoms with Crippen LogP contribution < -0.4 is 4.90 Å². The van der Waals surface area contributed by atoms with E-state index in [0.717, 1.165) is 83.4 Å². The fraction of sp³-hybridized carbons (Fsp3) is 0. The van der Waals surface area contributed by atoms with Crippen molar-refractivity contribution in [3.63, 3.8) is 0 Å². The summed E-state index contributed by atoms with van der Waals surface area (Å²) in [6.07, 6.45) is 0. The summed E-state index contributed by atoms with van der Waals surface area (Å²) >= 11 is 0. The molecule has 254 valence electrons. The molecule has 3 aromatic heterocycles. The van der Waals surface area contributed by atoms with Crippen molar-refractivity contribution in [2.24, 2.45) is 0 Å². The highest BCUT2D eigenvalue weighted by molar-refractivity contribution is 6.20. The third-order valence-corrected chi connectivity index (χ3v) is 10.6. The van der Waals surface area contributed by atoms with Crippen LogP contribution in [-0.4, -0.2) is 4.57 Å². The number of fused-ring (bicyclic) bond motifs is 8. The van der Waals surface area contributed by atoms with Gasteiger partial charge in [-0.3, -0.25) is 4.57 Å². The number of nitrogens with zero attached hydrogens (tertiary/aromatic N) is 2. The van der Waals surface area contributed by atoms with E-state index in [4.69, 9.17) is 8.83 Å². The summed E-state index contributed by atoms with van der Waals surface area (Å²) in [5, 5.41) is 5.62. The maximum atomic E-state index is 6.60. The van der Waals surface area contributed by atoms with Crippen LogP contribution in [0.15, 0.2) is 203 Å². The van der Waals surface area contributed by atoms with E-state index in [1.807, 2.05) is 18.2 Å². The van der Waals surface area contributed by atoms with Crippen LogP contribution in [0.3, 0.4) is 0 Å². The minimum atomic E-state index is 0.860. The molecule has 3 heterocycles. The molecule has 0 radical (unpaired) electrons. The molecule has 0 aliphatic carbocycles. The molecule has 0 unspecified atom stereocenters. The van der Waals surface area contributed by atoms with E-state index < -0.39 is 0 Å². The smallest absolute Gasteiger partial charge is 0.213 e. The van der Waals surface area contributed by atoms with Gasteiger partial charge in [-0.15, -0.1) is 0 Å². The minimum absolute atomic E-state index is 0.860. The zero-order valence-corrected chi connectivity index (χ0v) is 29.2. The maximum Gasteiger partial charge on any atom is 0.213 e. The van der Waals surface area contributed by atoms with Crippen molar-refractivity contribution < 1.29 is 8.83 Å². The normalized spacial score (nSPS) is 11.7. The predicted octanol–water partition coefficient (Wildman–Crippen LogP) is 14.2. The fourth-order valence-corrected chi connectivity index (χ4v) is 8.08. The molecular formula is C50H32N2O2. The van der Waals surface area contributed by atoms with Crippen LogP contribution in [0.25, 0.3) is 82.9 Å². The number of furan rings is 2. The van der Waals surface area contributed by atoms with Gasteiger partial charge < -0.3 is 13.7 Å². The third kappa shape index (κ3) is 4.78. The Labute approximate surface area is 311 Å². The van der Waals surface area contributed by atoms with Gasteiger partial charge >= 0.3 is 0 Å². The topological polar surface area (TPSA) is 34.5 Å². The lowest BCUT2D eigenvalue weighted by Gasteiger charge is -2.26. The lowest BCUT2D eigenvalue weighted by molar-refractivity contribution is 0.645. The standard InChI is InChI=1S/C50H32N2O2/c1-3-12-33(13-4-1)34-22-27-38(28-23-34)51(45-20-11-18-41-40-16-8-10-21-46(40)53-49(41)45)39-29-24-35(25-30-39)36-26-31-47-43(32-36)48-42-17-7-9-19-44(42)52(50(48)54-47)37-14-5-2-6-15-37/h1-32H. The summed E-state index contributed by atoms with van der Waals surface area (Å²) in [5.74, 6) is 0. The summed E-state index contributed by atoms with van der Waals surface area (Å²) in [6, 6.07) is 68.3. The Hall–Kier alpha value is -7.30. The second kappa shape index (κ2) is 12.1. The molecule has 0 saturated heterocycles. The molecule has 0 N–H and O–H groups in total. The largest absolute Gasteiger partial charge is 0.454 e. The van der Waals surface area contributed by atoms with Gasteiger partial charge in [0.1, 0.15) is 11.2 Å². The van der Waals surface area contributed by atoms with E-state index in [9.17, 15) is 0 Å². The quantitative estimate of drug-likeness (QED) is 0.174. The monoisotopic (exact) mass is 692 g/mol. The van der Waals surface area contributed by atoms with Crippen LogP contribution in [0, 0.1) is 0 Å². The number of aromatic nitrogens is 1. The van der Waals surface area contributed by atoms with Gasteiger partial charge in [-0.05, 0) is 89.0 Å². The van der Waals surface area contributed by atoms with Crippen molar-refractivity contribution in [3.8, 4) is 27.9 Å². The van der Waals surface area contributed by atoms with E-state index in [2.05, 4.69) is 185 Å². The highest BCUT2D eigenvalue weighted by Crippen LogP contribution is 2.44. The number of anilines is 3. The van der Waals surface area contributed by atoms with Gasteiger partial charge in [0, 0.05) is 38.6 Å². The summed E-state index contributed by atoms with van der Waals surface area (Å²) < 4.78 is 15.4. The first kappa shape index (κ1) is 30.3. The Morgan fingerprint density at radius 2 is 0.963 bits per heavy atom. The highest BCUT2D eigenvalue weighted by Gasteiger charge is 2.21. The number of hydrogen-bond acceptors (Lipinski definition) is 3. The average molecular weight is 693 g/mol. The molecule has 4 nitrogen and oxygen atoms in total. The Balaban J connectivity index is 1.04. The van der Waals surface area contributed by atoms with Crippen LogP contribution in [-0.2, 0) is 0 Å². The molecule has 0 atom stereocenters. The molecule has 4 heteroatoms. The highest BCUT2D eigenvalue weighted by atomic mass is 16.3. The second-order valence-corrected chi connectivity index (χ2v) is 13.7. The second-order valence-electron chi connectivity index (χ2n) is 13.7. The van der Waals surface area contributed by atoms with Gasteiger partial charge in [0.25, 0.3) is 0 Å². The van der Waals surface area contributed by atoms with Gasteiger partial charge in [-0.1, -0.05) is 127 Å². The van der Waals surface area contributed by atoms with Crippen LogP contribution >= 0.6 is 0 Å². The predicted molar refractivity (Wildman–Crippen MR) is 223 cm³/mol. The summed E-state index contributed by atoms with van der Waals surface area (Å²) in [7, 11) is 0. The summed E-state index contributed by atoms with van der Waals surface area (Å²) in [6.45, 7) is 0. The summed E-state index contributed by atoms with van der Waals surface area (Å²) in [5.41, 5.74) is 13.4. The Morgan fingerprint density at radius 1 is 0.389 bits per heavy atom. The van der Waals surface area contributed by atoms with Crippen LogP contribution in [0.4, 0.5) is 17.1 Å².